The Balaban J connectivity index is 1.26. The van der Waals surface area contributed by atoms with Crippen molar-refractivity contribution >= 4 is 35.0 Å². The quantitative estimate of drug-likeness (QED) is 0.269. The minimum absolute atomic E-state index is 0.0124. The van der Waals surface area contributed by atoms with Gasteiger partial charge in [0.05, 0.1) is 40.4 Å². The summed E-state index contributed by atoms with van der Waals surface area (Å²) in [6.07, 6.45) is 2.11. The van der Waals surface area contributed by atoms with Crippen LogP contribution in [0.2, 0.25) is 10.0 Å². The average molecular weight is 541 g/mol. The standard InChI is InChI=1S/C27H19Cl2FN2O5/c28-21-12-17(3-6-23(21)30)32-9-7-16(31-32)11-24(33)15-1-4-18(5-2-15)37-26-14-25-20(13-22(26)29)19(27(34)35)8-10-36-25/h1-7,9,12-14,19H,8,10-11H2,(H,34,35). The van der Waals surface area contributed by atoms with Gasteiger partial charge in [-0.3, -0.25) is 9.59 Å². The maximum Gasteiger partial charge on any atom is 0.311 e. The minimum atomic E-state index is -0.929. The zero-order valence-electron chi connectivity index (χ0n) is 19.2. The fourth-order valence-corrected chi connectivity index (χ4v) is 4.44. The van der Waals surface area contributed by atoms with E-state index in [1.165, 1.54) is 16.8 Å². The molecule has 10 heteroatoms. The summed E-state index contributed by atoms with van der Waals surface area (Å²) in [5, 5.41) is 14.1. The van der Waals surface area contributed by atoms with Gasteiger partial charge >= 0.3 is 5.97 Å². The van der Waals surface area contributed by atoms with Crippen LogP contribution in [0.4, 0.5) is 4.39 Å². The lowest BCUT2D eigenvalue weighted by Crippen LogP contribution is -2.20. The lowest BCUT2D eigenvalue weighted by Gasteiger charge is -2.24. The number of halogens is 3. The molecule has 1 atom stereocenters. The molecule has 0 spiro atoms. The zero-order valence-corrected chi connectivity index (χ0v) is 20.7. The largest absolute Gasteiger partial charge is 0.493 e. The summed E-state index contributed by atoms with van der Waals surface area (Å²) in [6, 6.07) is 15.7. The highest BCUT2D eigenvalue weighted by Crippen LogP contribution is 2.41. The van der Waals surface area contributed by atoms with E-state index in [0.717, 1.165) is 0 Å². The van der Waals surface area contributed by atoms with Crippen molar-refractivity contribution in [1.82, 2.24) is 9.78 Å². The van der Waals surface area contributed by atoms with Crippen LogP contribution in [0.3, 0.4) is 0 Å². The Hall–Kier alpha value is -3.88. The van der Waals surface area contributed by atoms with E-state index < -0.39 is 17.7 Å². The number of carboxylic acids is 1. The monoisotopic (exact) mass is 540 g/mol. The molecule has 0 bridgehead atoms. The van der Waals surface area contributed by atoms with Crippen LogP contribution in [-0.2, 0) is 11.2 Å². The molecule has 0 fully saturated rings. The number of fused-ring (bicyclic) bond motifs is 1. The van der Waals surface area contributed by atoms with Crippen molar-refractivity contribution in [2.45, 2.75) is 18.8 Å². The number of Topliss-reactive ketones (excluding diaryl/α,β-unsaturated/α-hetero) is 1. The normalized spacial score (nSPS) is 14.5. The second-order valence-corrected chi connectivity index (χ2v) is 9.24. The van der Waals surface area contributed by atoms with Crippen LogP contribution in [0.15, 0.2) is 66.9 Å². The molecule has 0 radical (unpaired) electrons. The van der Waals surface area contributed by atoms with E-state index in [-0.39, 0.29) is 28.9 Å². The second kappa shape index (κ2) is 10.2. The smallest absolute Gasteiger partial charge is 0.311 e. The van der Waals surface area contributed by atoms with Gasteiger partial charge in [0.25, 0.3) is 0 Å². The SMILES string of the molecule is O=C(Cc1ccn(-c2ccc(F)c(Cl)c2)n1)c1ccc(Oc2cc3c(cc2Cl)C(C(=O)O)CCO3)cc1. The van der Waals surface area contributed by atoms with Gasteiger partial charge in [0.1, 0.15) is 23.1 Å². The molecule has 0 saturated carbocycles. The van der Waals surface area contributed by atoms with E-state index in [9.17, 15) is 19.1 Å². The van der Waals surface area contributed by atoms with Gasteiger partial charge in [-0.25, -0.2) is 9.07 Å². The lowest BCUT2D eigenvalue weighted by molar-refractivity contribution is -0.139. The second-order valence-electron chi connectivity index (χ2n) is 8.42. The summed E-state index contributed by atoms with van der Waals surface area (Å²) in [4.78, 5) is 24.3. The Morgan fingerprint density at radius 2 is 1.86 bits per heavy atom. The van der Waals surface area contributed by atoms with Crippen LogP contribution in [0.25, 0.3) is 5.69 Å². The maximum atomic E-state index is 13.4. The van der Waals surface area contributed by atoms with E-state index >= 15 is 0 Å². The van der Waals surface area contributed by atoms with E-state index in [2.05, 4.69) is 5.10 Å². The molecule has 0 aliphatic carbocycles. The van der Waals surface area contributed by atoms with Gasteiger partial charge < -0.3 is 14.6 Å². The zero-order chi connectivity index (χ0) is 26.1. The van der Waals surface area contributed by atoms with E-state index in [4.69, 9.17) is 32.7 Å². The van der Waals surface area contributed by atoms with Crippen LogP contribution >= 0.6 is 23.2 Å². The van der Waals surface area contributed by atoms with Crippen molar-refractivity contribution in [3.8, 4) is 22.9 Å². The van der Waals surface area contributed by atoms with Crippen LogP contribution in [0.5, 0.6) is 17.2 Å². The number of ether oxygens (including phenoxy) is 2. The number of hydrogen-bond donors (Lipinski definition) is 1. The number of benzene rings is 3. The summed E-state index contributed by atoms with van der Waals surface area (Å²) in [6.45, 7) is 0.289. The van der Waals surface area contributed by atoms with Gasteiger partial charge in [0.15, 0.2) is 5.78 Å². The third-order valence-electron chi connectivity index (χ3n) is 5.96. The van der Waals surface area contributed by atoms with Gasteiger partial charge in [-0.1, -0.05) is 23.2 Å². The van der Waals surface area contributed by atoms with Crippen molar-refractivity contribution in [2.75, 3.05) is 6.61 Å². The minimum Gasteiger partial charge on any atom is -0.493 e. The van der Waals surface area contributed by atoms with Crippen molar-refractivity contribution in [3.05, 3.63) is 99.5 Å². The molecule has 1 aromatic heterocycles. The van der Waals surface area contributed by atoms with Gasteiger partial charge in [0.2, 0.25) is 0 Å². The van der Waals surface area contributed by atoms with Crippen LogP contribution < -0.4 is 9.47 Å². The number of hydrogen-bond acceptors (Lipinski definition) is 5. The third kappa shape index (κ3) is 5.30. The molecule has 7 nitrogen and oxygen atoms in total. The van der Waals surface area contributed by atoms with Crippen LogP contribution in [-0.4, -0.2) is 33.2 Å². The summed E-state index contributed by atoms with van der Waals surface area (Å²) >= 11 is 12.2. The summed E-state index contributed by atoms with van der Waals surface area (Å²) in [5.41, 5.74) is 2.11. The first kappa shape index (κ1) is 24.8. The highest BCUT2D eigenvalue weighted by atomic mass is 35.5. The lowest BCUT2D eigenvalue weighted by atomic mass is 9.93. The molecule has 1 unspecified atom stereocenters. The molecule has 3 aromatic carbocycles. The fourth-order valence-electron chi connectivity index (χ4n) is 4.05. The number of nitrogens with zero attached hydrogens (tertiary/aromatic N) is 2. The highest BCUT2D eigenvalue weighted by molar-refractivity contribution is 6.32. The molecular weight excluding hydrogens is 522 g/mol. The Labute approximate surface area is 221 Å². The molecule has 0 saturated heterocycles. The number of ketones is 1. The van der Waals surface area contributed by atoms with Crippen molar-refractivity contribution < 1.29 is 28.6 Å². The Kier molecular flexibility index (Phi) is 6.86. The number of carboxylic acid groups (broad SMARTS) is 1. The summed E-state index contributed by atoms with van der Waals surface area (Å²) in [5.74, 6) is -1.09. The van der Waals surface area contributed by atoms with E-state index in [1.54, 1.807) is 54.7 Å². The molecule has 5 rings (SSSR count). The predicted octanol–water partition coefficient (Wildman–Crippen LogP) is 6.49. The molecule has 1 N–H and O–H groups in total. The third-order valence-corrected chi connectivity index (χ3v) is 6.54. The van der Waals surface area contributed by atoms with E-state index in [1.807, 2.05) is 0 Å². The summed E-state index contributed by atoms with van der Waals surface area (Å²) < 4.78 is 26.4. The molecule has 1 aliphatic rings. The van der Waals surface area contributed by atoms with Crippen molar-refractivity contribution in [2.24, 2.45) is 0 Å². The van der Waals surface area contributed by atoms with Crippen molar-refractivity contribution in [1.29, 1.82) is 0 Å². The summed E-state index contributed by atoms with van der Waals surface area (Å²) in [7, 11) is 0. The first-order valence-electron chi connectivity index (χ1n) is 11.3. The molecule has 2 heterocycles. The molecule has 1 aliphatic heterocycles. The predicted molar refractivity (Wildman–Crippen MR) is 135 cm³/mol. The molecule has 0 amide bonds. The van der Waals surface area contributed by atoms with Gasteiger partial charge in [-0.05, 0) is 61.0 Å². The number of rotatable bonds is 7. The number of aliphatic carboxylic acids is 1. The molecule has 188 valence electrons. The maximum absolute atomic E-state index is 13.4. The molecule has 4 aromatic rings. The molecule has 37 heavy (non-hydrogen) atoms. The number of carbonyl (C=O) groups is 2. The fraction of sp³-hybridized carbons (Fsp3) is 0.148. The van der Waals surface area contributed by atoms with Gasteiger partial charge in [-0.15, -0.1) is 0 Å². The van der Waals surface area contributed by atoms with Crippen LogP contribution in [0.1, 0.15) is 34.0 Å². The topological polar surface area (TPSA) is 90.7 Å². The first-order chi connectivity index (χ1) is 17.8. The van der Waals surface area contributed by atoms with Crippen LogP contribution in [0, 0.1) is 5.82 Å². The molecular formula is C27H19Cl2FN2O5. The first-order valence-corrected chi connectivity index (χ1v) is 12.0. The van der Waals surface area contributed by atoms with Gasteiger partial charge in [0, 0.05) is 23.4 Å². The Morgan fingerprint density at radius 1 is 1.08 bits per heavy atom. The average Bonchev–Trinajstić information content (AvgIpc) is 3.34. The number of aromatic nitrogens is 2. The Bertz CT molecular complexity index is 1500. The Morgan fingerprint density at radius 3 is 2.59 bits per heavy atom. The highest BCUT2D eigenvalue weighted by Gasteiger charge is 2.29. The number of carbonyl (C=O) groups excluding carboxylic acids is 1. The van der Waals surface area contributed by atoms with Crippen molar-refractivity contribution in [3.63, 3.8) is 0 Å². The van der Waals surface area contributed by atoms with Gasteiger partial charge in [-0.2, -0.15) is 5.10 Å². The van der Waals surface area contributed by atoms with E-state index in [0.29, 0.717) is 46.2 Å².